The lowest BCUT2D eigenvalue weighted by atomic mass is 10.1. The maximum atomic E-state index is 13.3. The van der Waals surface area contributed by atoms with Crippen molar-refractivity contribution in [2.75, 3.05) is 12.5 Å². The summed E-state index contributed by atoms with van der Waals surface area (Å²) < 4.78 is 46.5. The van der Waals surface area contributed by atoms with Gasteiger partial charge in [0.15, 0.2) is 5.69 Å². The maximum absolute atomic E-state index is 13.3. The van der Waals surface area contributed by atoms with E-state index >= 15 is 0 Å². The first-order valence-corrected chi connectivity index (χ1v) is 8.91. The van der Waals surface area contributed by atoms with Gasteiger partial charge in [-0.15, -0.1) is 23.4 Å². The third-order valence-electron chi connectivity index (χ3n) is 3.31. The van der Waals surface area contributed by atoms with Crippen LogP contribution in [0.1, 0.15) is 32.0 Å². The van der Waals surface area contributed by atoms with Gasteiger partial charge in [0.05, 0.1) is 23.1 Å². The Labute approximate surface area is 147 Å². The molecule has 2 rings (SSSR count). The fourth-order valence-corrected chi connectivity index (χ4v) is 3.27. The lowest BCUT2D eigenvalue weighted by molar-refractivity contribution is -0.142. The van der Waals surface area contributed by atoms with Gasteiger partial charge in [0.1, 0.15) is 5.60 Å². The van der Waals surface area contributed by atoms with Crippen molar-refractivity contribution in [2.45, 2.75) is 44.8 Å². The van der Waals surface area contributed by atoms with Crippen LogP contribution in [0.5, 0.6) is 5.88 Å². The minimum Gasteiger partial charge on any atom is -0.478 e. The summed E-state index contributed by atoms with van der Waals surface area (Å²) in [7, 11) is 0. The van der Waals surface area contributed by atoms with Crippen LogP contribution >= 0.6 is 23.4 Å². The van der Waals surface area contributed by atoms with Gasteiger partial charge in [0.25, 0.3) is 0 Å². The summed E-state index contributed by atoms with van der Waals surface area (Å²) >= 11 is 6.99. The average molecular weight is 386 g/mol. The van der Waals surface area contributed by atoms with Crippen LogP contribution in [0.15, 0.2) is 11.1 Å². The van der Waals surface area contributed by atoms with E-state index in [0.717, 1.165) is 0 Å². The van der Waals surface area contributed by atoms with E-state index in [2.05, 4.69) is 10.6 Å². The molecule has 5 nitrogen and oxygen atoms in total. The molecule has 1 aromatic heterocycles. The predicted molar refractivity (Wildman–Crippen MR) is 86.8 cm³/mol. The fraction of sp³-hybridized carbons (Fsp3) is 0.643. The van der Waals surface area contributed by atoms with Crippen LogP contribution < -0.4 is 10.2 Å². The number of nitrogens with zero attached hydrogens (tertiary/aromatic N) is 2. The van der Waals surface area contributed by atoms with Crippen LogP contribution in [0.2, 0.25) is 0 Å². The van der Waals surface area contributed by atoms with Crippen molar-refractivity contribution in [1.82, 2.24) is 15.3 Å². The van der Waals surface area contributed by atoms with Crippen molar-refractivity contribution in [3.05, 3.63) is 22.4 Å². The lowest BCUT2D eigenvalue weighted by Crippen LogP contribution is -2.27. The van der Waals surface area contributed by atoms with Crippen molar-refractivity contribution in [1.29, 1.82) is 0 Å². The summed E-state index contributed by atoms with van der Waals surface area (Å²) in [5, 5.41) is 4.28. The second kappa shape index (κ2) is 7.45. The summed E-state index contributed by atoms with van der Waals surface area (Å²) in [6, 6.07) is 0. The third-order valence-corrected chi connectivity index (χ3v) is 4.78. The number of thioether (sulfide) groups is 1. The monoisotopic (exact) mass is 385 g/mol. The Morgan fingerprint density at radius 1 is 1.46 bits per heavy atom. The Balaban J connectivity index is 2.28. The van der Waals surface area contributed by atoms with Crippen LogP contribution in [0.25, 0.3) is 0 Å². The Morgan fingerprint density at radius 2 is 2.17 bits per heavy atom. The molecule has 1 atom stereocenters. The van der Waals surface area contributed by atoms with E-state index in [1.165, 1.54) is 16.4 Å². The van der Waals surface area contributed by atoms with Crippen LogP contribution in [0.3, 0.4) is 0 Å². The highest BCUT2D eigenvalue weighted by Gasteiger charge is 2.40. The molecular weight excluding hydrogens is 367 g/mol. The first-order valence-electron chi connectivity index (χ1n) is 7.39. The number of hydrogen-bond acceptors (Lipinski definition) is 5. The van der Waals surface area contributed by atoms with Gasteiger partial charge in [-0.1, -0.05) is 0 Å². The topological polar surface area (TPSA) is 48.3 Å². The Morgan fingerprint density at radius 3 is 2.67 bits per heavy atom. The van der Waals surface area contributed by atoms with Crippen LogP contribution in [0.4, 0.5) is 13.2 Å². The standard InChI is InChI=1S/C14H19ClF3N3O2S/c1-4-21-12(22-5-2)9(11(19-21)14(16,17)18)7-24-10-6-13(3,8-15)23-20-10/h6,20H,4-5,7-8H2,1-3H3. The first kappa shape index (κ1) is 19.3. The van der Waals surface area contributed by atoms with Gasteiger partial charge in [0.2, 0.25) is 5.88 Å². The lowest BCUT2D eigenvalue weighted by Gasteiger charge is -2.15. The molecule has 24 heavy (non-hydrogen) atoms. The maximum Gasteiger partial charge on any atom is 0.435 e. The molecule has 0 radical (unpaired) electrons. The van der Waals surface area contributed by atoms with Gasteiger partial charge in [-0.05, 0) is 26.8 Å². The number of rotatable bonds is 7. The zero-order chi connectivity index (χ0) is 18.0. The van der Waals surface area contributed by atoms with Gasteiger partial charge in [-0.3, -0.25) is 10.3 Å². The van der Waals surface area contributed by atoms with Crippen LogP contribution in [0, 0.1) is 0 Å². The molecule has 0 amide bonds. The Hall–Kier alpha value is -1.06. The first-order chi connectivity index (χ1) is 11.2. The minimum absolute atomic E-state index is 0.0263. The van der Waals surface area contributed by atoms with E-state index in [1.807, 2.05) is 0 Å². The number of aryl methyl sites for hydroxylation is 1. The molecule has 0 bridgehead atoms. The summed E-state index contributed by atoms with van der Waals surface area (Å²) in [6.45, 7) is 5.76. The largest absolute Gasteiger partial charge is 0.478 e. The average Bonchev–Trinajstić information content (AvgIpc) is 3.07. The third kappa shape index (κ3) is 4.12. The van der Waals surface area contributed by atoms with E-state index in [9.17, 15) is 13.2 Å². The van der Waals surface area contributed by atoms with Gasteiger partial charge < -0.3 is 4.74 Å². The molecule has 1 aliphatic rings. The van der Waals surface area contributed by atoms with Crippen molar-refractivity contribution in [3.63, 3.8) is 0 Å². The molecule has 1 aromatic rings. The zero-order valence-corrected chi connectivity index (χ0v) is 15.1. The number of halogens is 4. The van der Waals surface area contributed by atoms with Crippen molar-refractivity contribution >= 4 is 23.4 Å². The summed E-state index contributed by atoms with van der Waals surface area (Å²) in [4.78, 5) is 5.32. The van der Waals surface area contributed by atoms with Gasteiger partial charge in [-0.25, -0.2) is 4.68 Å². The second-order valence-electron chi connectivity index (χ2n) is 5.33. The smallest absolute Gasteiger partial charge is 0.435 e. The number of alkyl halides is 4. The van der Waals surface area contributed by atoms with Crippen LogP contribution in [-0.2, 0) is 23.3 Å². The SMILES string of the molecule is CCOc1c(CSC2=CC(C)(CCl)ON2)c(C(F)(F)F)nn1CC. The molecule has 0 fully saturated rings. The molecule has 136 valence electrons. The molecule has 0 saturated heterocycles. The fourth-order valence-electron chi connectivity index (χ4n) is 2.14. The summed E-state index contributed by atoms with van der Waals surface area (Å²) in [6.07, 6.45) is -2.79. The quantitative estimate of drug-likeness (QED) is 0.721. The molecule has 0 aromatic carbocycles. The van der Waals surface area contributed by atoms with Crippen molar-refractivity contribution in [2.24, 2.45) is 0 Å². The van der Waals surface area contributed by atoms with Crippen molar-refractivity contribution in [3.8, 4) is 5.88 Å². The van der Waals surface area contributed by atoms with E-state index in [0.29, 0.717) is 5.03 Å². The van der Waals surface area contributed by atoms with E-state index in [-0.39, 0.29) is 36.2 Å². The highest BCUT2D eigenvalue weighted by molar-refractivity contribution is 8.02. The molecule has 0 saturated carbocycles. The summed E-state index contributed by atoms with van der Waals surface area (Å²) in [5.74, 6) is 0.431. The molecular formula is C14H19ClF3N3O2S. The Bertz CT molecular complexity index is 621. The zero-order valence-electron chi connectivity index (χ0n) is 13.5. The molecule has 10 heteroatoms. The van der Waals surface area contributed by atoms with Crippen molar-refractivity contribution < 1.29 is 22.7 Å². The number of nitrogens with one attached hydrogen (secondary N) is 1. The van der Waals surface area contributed by atoms with E-state index in [1.54, 1.807) is 26.8 Å². The molecule has 2 heterocycles. The van der Waals surface area contributed by atoms with Crippen LogP contribution in [-0.4, -0.2) is 27.9 Å². The van der Waals surface area contributed by atoms with Gasteiger partial charge >= 0.3 is 6.18 Å². The van der Waals surface area contributed by atoms with Gasteiger partial charge in [-0.2, -0.15) is 18.3 Å². The van der Waals surface area contributed by atoms with E-state index < -0.39 is 17.5 Å². The summed E-state index contributed by atoms with van der Waals surface area (Å²) in [5.41, 5.74) is 1.13. The predicted octanol–water partition coefficient (Wildman–Crippen LogP) is 3.93. The molecule has 1 aliphatic heterocycles. The number of ether oxygens (including phenoxy) is 1. The number of aromatic nitrogens is 2. The number of hydrogen-bond donors (Lipinski definition) is 1. The second-order valence-corrected chi connectivity index (χ2v) is 6.61. The molecule has 0 aliphatic carbocycles. The van der Waals surface area contributed by atoms with Gasteiger partial charge in [0, 0.05) is 12.3 Å². The highest BCUT2D eigenvalue weighted by atomic mass is 35.5. The molecule has 1 N–H and O–H groups in total. The molecule has 1 unspecified atom stereocenters. The highest BCUT2D eigenvalue weighted by Crippen LogP contribution is 2.39. The Kier molecular flexibility index (Phi) is 5.98. The van der Waals surface area contributed by atoms with E-state index in [4.69, 9.17) is 21.2 Å². The molecule has 0 spiro atoms. The normalized spacial score (nSPS) is 20.9. The number of hydroxylamine groups is 1. The minimum atomic E-state index is -4.54.